The van der Waals surface area contributed by atoms with Crippen LogP contribution >= 0.6 is 11.6 Å². The molecule has 3 nitrogen and oxygen atoms in total. The molecule has 1 N–H and O–H groups in total. The molecule has 0 aliphatic rings. The van der Waals surface area contributed by atoms with Crippen molar-refractivity contribution in [1.82, 2.24) is 9.97 Å². The van der Waals surface area contributed by atoms with Crippen molar-refractivity contribution in [2.45, 2.75) is 6.92 Å². The van der Waals surface area contributed by atoms with Gasteiger partial charge >= 0.3 is 0 Å². The average Bonchev–Trinajstić information content (AvgIpc) is 2.47. The predicted molar refractivity (Wildman–Crippen MR) is 51.2 cm³/mol. The number of nitrogens with zero attached hydrogens (tertiary/aromatic N) is 1. The van der Waals surface area contributed by atoms with Crippen LogP contribution in [0.5, 0.6) is 0 Å². The number of H-pyrrole nitrogens is 1. The summed E-state index contributed by atoms with van der Waals surface area (Å²) < 4.78 is 0. The Kier molecular flexibility index (Phi) is 1.81. The number of aromatic amines is 1. The van der Waals surface area contributed by atoms with Crippen molar-refractivity contribution >= 4 is 28.9 Å². The lowest BCUT2D eigenvalue weighted by molar-refractivity contribution is 0.112. The molecule has 0 aliphatic carbocycles. The maximum atomic E-state index is 10.5. The Morgan fingerprint density at radius 1 is 1.62 bits per heavy atom. The summed E-state index contributed by atoms with van der Waals surface area (Å²) in [5.74, 6) is 0. The minimum absolute atomic E-state index is 0.424. The first kappa shape index (κ1) is 8.26. The maximum Gasteiger partial charge on any atom is 0.153 e. The number of carbonyl (C=O) groups excluding carboxylic acids is 1. The summed E-state index contributed by atoms with van der Waals surface area (Å²) in [6, 6.07) is 1.87. The van der Waals surface area contributed by atoms with Gasteiger partial charge in [0.25, 0.3) is 0 Å². The van der Waals surface area contributed by atoms with Crippen LogP contribution in [0.4, 0.5) is 0 Å². The Morgan fingerprint density at radius 2 is 2.38 bits per heavy atom. The number of aromatic nitrogens is 2. The first-order chi connectivity index (χ1) is 6.22. The van der Waals surface area contributed by atoms with Crippen molar-refractivity contribution in [2.24, 2.45) is 0 Å². The summed E-state index contributed by atoms with van der Waals surface area (Å²) in [4.78, 5) is 17.6. The molecule has 0 saturated heterocycles. The van der Waals surface area contributed by atoms with E-state index in [-0.39, 0.29) is 0 Å². The number of carbonyl (C=O) groups is 1. The van der Waals surface area contributed by atoms with E-state index in [1.165, 1.54) is 6.20 Å². The SMILES string of the molecule is Cc1cc2c(Cl)c(C=O)cnc2[nH]1. The highest BCUT2D eigenvalue weighted by Gasteiger charge is 2.07. The van der Waals surface area contributed by atoms with Crippen LogP contribution < -0.4 is 0 Å². The monoisotopic (exact) mass is 194 g/mol. The Balaban J connectivity index is 2.85. The fraction of sp³-hybridized carbons (Fsp3) is 0.111. The topological polar surface area (TPSA) is 45.8 Å². The quantitative estimate of drug-likeness (QED) is 0.709. The first-order valence-electron chi connectivity index (χ1n) is 3.81. The number of rotatable bonds is 1. The summed E-state index contributed by atoms with van der Waals surface area (Å²) in [6.07, 6.45) is 2.17. The normalized spacial score (nSPS) is 10.6. The number of fused-ring (bicyclic) bond motifs is 1. The third-order valence-corrected chi connectivity index (χ3v) is 2.30. The molecule has 66 valence electrons. The Hall–Kier alpha value is -1.35. The molecule has 2 rings (SSSR count). The molecule has 0 amide bonds. The Bertz CT molecular complexity index is 476. The van der Waals surface area contributed by atoms with Gasteiger partial charge in [0.1, 0.15) is 5.65 Å². The second kappa shape index (κ2) is 2.85. The van der Waals surface area contributed by atoms with Gasteiger partial charge < -0.3 is 4.98 Å². The largest absolute Gasteiger partial charge is 0.344 e. The highest BCUT2D eigenvalue weighted by atomic mass is 35.5. The summed E-state index contributed by atoms with van der Waals surface area (Å²) >= 11 is 5.96. The van der Waals surface area contributed by atoms with Crippen LogP contribution in [0.1, 0.15) is 16.1 Å². The minimum atomic E-state index is 0.424. The van der Waals surface area contributed by atoms with Crippen molar-refractivity contribution in [1.29, 1.82) is 0 Å². The van der Waals surface area contributed by atoms with Gasteiger partial charge in [-0.1, -0.05) is 11.6 Å². The average molecular weight is 195 g/mol. The summed E-state index contributed by atoms with van der Waals surface area (Å²) in [6.45, 7) is 1.92. The number of aldehydes is 1. The molecule has 0 fully saturated rings. The molecule has 0 saturated carbocycles. The van der Waals surface area contributed by atoms with Gasteiger partial charge in [-0.05, 0) is 13.0 Å². The fourth-order valence-electron chi connectivity index (χ4n) is 1.27. The molecule has 4 heteroatoms. The first-order valence-corrected chi connectivity index (χ1v) is 4.19. The molecular weight excluding hydrogens is 188 g/mol. The molecule has 0 aliphatic heterocycles. The van der Waals surface area contributed by atoms with Gasteiger partial charge in [-0.2, -0.15) is 0 Å². The van der Waals surface area contributed by atoms with E-state index in [1.807, 2.05) is 13.0 Å². The van der Waals surface area contributed by atoms with Gasteiger partial charge in [-0.25, -0.2) is 4.98 Å². The molecule has 0 aromatic carbocycles. The van der Waals surface area contributed by atoms with Gasteiger partial charge in [-0.3, -0.25) is 4.79 Å². The lowest BCUT2D eigenvalue weighted by Gasteiger charge is -1.95. The van der Waals surface area contributed by atoms with E-state index in [0.717, 1.165) is 11.1 Å². The highest BCUT2D eigenvalue weighted by Crippen LogP contribution is 2.24. The standard InChI is InChI=1S/C9H7ClN2O/c1-5-2-7-8(10)6(4-13)3-11-9(7)12-5/h2-4H,1H3,(H,11,12). The van der Waals surface area contributed by atoms with Gasteiger partial charge in [0.2, 0.25) is 0 Å². The zero-order valence-corrected chi connectivity index (χ0v) is 7.72. The van der Waals surface area contributed by atoms with E-state index in [0.29, 0.717) is 22.5 Å². The van der Waals surface area contributed by atoms with Crippen LogP contribution in [0.15, 0.2) is 12.3 Å². The molecule has 0 bridgehead atoms. The van der Waals surface area contributed by atoms with Gasteiger partial charge in [0.15, 0.2) is 6.29 Å². The van der Waals surface area contributed by atoms with E-state index in [1.54, 1.807) is 0 Å². The van der Waals surface area contributed by atoms with Crippen LogP contribution in [0.25, 0.3) is 11.0 Å². The molecule has 0 atom stereocenters. The summed E-state index contributed by atoms with van der Waals surface area (Å²) in [5.41, 5.74) is 2.12. The van der Waals surface area contributed by atoms with E-state index in [4.69, 9.17) is 11.6 Å². The molecule has 2 aromatic rings. The molecule has 2 heterocycles. The van der Waals surface area contributed by atoms with E-state index in [2.05, 4.69) is 9.97 Å². The summed E-state index contributed by atoms with van der Waals surface area (Å²) in [7, 11) is 0. The zero-order chi connectivity index (χ0) is 9.42. The van der Waals surface area contributed by atoms with Crippen LogP contribution in [0, 0.1) is 6.92 Å². The van der Waals surface area contributed by atoms with E-state index < -0.39 is 0 Å². The number of nitrogens with one attached hydrogen (secondary N) is 1. The molecule has 0 radical (unpaired) electrons. The molecule has 13 heavy (non-hydrogen) atoms. The second-order valence-corrected chi connectivity index (χ2v) is 3.24. The van der Waals surface area contributed by atoms with Crippen molar-refractivity contribution in [3.05, 3.63) is 28.5 Å². The van der Waals surface area contributed by atoms with E-state index in [9.17, 15) is 4.79 Å². The van der Waals surface area contributed by atoms with Crippen molar-refractivity contribution in [3.63, 3.8) is 0 Å². The zero-order valence-electron chi connectivity index (χ0n) is 6.97. The number of halogens is 1. The highest BCUT2D eigenvalue weighted by molar-refractivity contribution is 6.37. The van der Waals surface area contributed by atoms with Crippen molar-refractivity contribution < 1.29 is 4.79 Å². The van der Waals surface area contributed by atoms with Gasteiger partial charge in [0.05, 0.1) is 10.6 Å². The second-order valence-electron chi connectivity index (χ2n) is 2.86. The van der Waals surface area contributed by atoms with Crippen molar-refractivity contribution in [2.75, 3.05) is 0 Å². The third-order valence-electron chi connectivity index (χ3n) is 1.88. The maximum absolute atomic E-state index is 10.5. The third kappa shape index (κ3) is 1.21. The van der Waals surface area contributed by atoms with Crippen LogP contribution in [-0.4, -0.2) is 16.3 Å². The van der Waals surface area contributed by atoms with E-state index >= 15 is 0 Å². The van der Waals surface area contributed by atoms with Crippen LogP contribution in [-0.2, 0) is 0 Å². The summed E-state index contributed by atoms with van der Waals surface area (Å²) in [5, 5.41) is 1.26. The van der Waals surface area contributed by atoms with Crippen molar-refractivity contribution in [3.8, 4) is 0 Å². The lowest BCUT2D eigenvalue weighted by Crippen LogP contribution is -1.85. The van der Waals surface area contributed by atoms with Crippen LogP contribution in [0.2, 0.25) is 5.02 Å². The number of hydrogen-bond acceptors (Lipinski definition) is 2. The number of pyridine rings is 1. The molecule has 2 aromatic heterocycles. The van der Waals surface area contributed by atoms with Crippen LogP contribution in [0.3, 0.4) is 0 Å². The molecule has 0 spiro atoms. The predicted octanol–water partition coefficient (Wildman–Crippen LogP) is 2.34. The van der Waals surface area contributed by atoms with Gasteiger partial charge in [-0.15, -0.1) is 0 Å². The van der Waals surface area contributed by atoms with Gasteiger partial charge in [0, 0.05) is 17.3 Å². The Morgan fingerprint density at radius 3 is 3.08 bits per heavy atom. The minimum Gasteiger partial charge on any atom is -0.344 e. The lowest BCUT2D eigenvalue weighted by atomic mass is 10.2. The fourth-order valence-corrected chi connectivity index (χ4v) is 1.51. The number of aryl methyl sites for hydroxylation is 1. The molecule has 0 unspecified atom stereocenters. The molecular formula is C9H7ClN2O. The smallest absolute Gasteiger partial charge is 0.153 e. The Labute approximate surface area is 79.7 Å². The number of hydrogen-bond donors (Lipinski definition) is 1.